The van der Waals surface area contributed by atoms with Crippen LogP contribution in [0.25, 0.3) is 0 Å². The maximum atomic E-state index is 4.56. The highest BCUT2D eigenvalue weighted by Crippen LogP contribution is 2.24. The van der Waals surface area contributed by atoms with Crippen molar-refractivity contribution in [2.75, 3.05) is 18.0 Å². The van der Waals surface area contributed by atoms with Crippen LogP contribution >= 0.6 is 12.6 Å². The fourth-order valence-electron chi connectivity index (χ4n) is 2.13. The molecule has 3 nitrogen and oxygen atoms in total. The third-order valence-electron chi connectivity index (χ3n) is 3.30. The molecule has 0 radical (unpaired) electrons. The Labute approximate surface area is 115 Å². The van der Waals surface area contributed by atoms with Crippen LogP contribution in [0, 0.1) is 0 Å². The van der Waals surface area contributed by atoms with Crippen molar-refractivity contribution in [2.24, 2.45) is 0 Å². The van der Waals surface area contributed by atoms with Gasteiger partial charge in [-0.05, 0) is 24.0 Å². The molecule has 1 atom stereocenters. The Kier molecular flexibility index (Phi) is 3.87. The van der Waals surface area contributed by atoms with Gasteiger partial charge < -0.3 is 4.90 Å². The van der Waals surface area contributed by atoms with E-state index in [2.05, 4.69) is 67.7 Å². The first-order chi connectivity index (χ1) is 8.36. The van der Waals surface area contributed by atoms with Gasteiger partial charge in [-0.3, -0.25) is 5.32 Å². The number of nitrogens with one attached hydrogen (secondary N) is 1. The van der Waals surface area contributed by atoms with Gasteiger partial charge in [0.1, 0.15) is 5.82 Å². The van der Waals surface area contributed by atoms with E-state index in [1.807, 2.05) is 6.20 Å². The number of hydrogen-bond acceptors (Lipinski definition) is 4. The molecule has 1 aromatic heterocycles. The van der Waals surface area contributed by atoms with Gasteiger partial charge in [0.15, 0.2) is 0 Å². The highest BCUT2D eigenvalue weighted by molar-refractivity contribution is 7.80. The van der Waals surface area contributed by atoms with Crippen LogP contribution in [0.3, 0.4) is 0 Å². The summed E-state index contributed by atoms with van der Waals surface area (Å²) >= 11 is 4.34. The summed E-state index contributed by atoms with van der Waals surface area (Å²) in [5.74, 6) is 1.08. The van der Waals surface area contributed by atoms with Gasteiger partial charge in [0, 0.05) is 30.7 Å². The predicted octanol–water partition coefficient (Wildman–Crippen LogP) is 2.43. The molecule has 1 unspecified atom stereocenters. The topological polar surface area (TPSA) is 28.2 Å². The fraction of sp³-hybridized carbons (Fsp3) is 0.643. The van der Waals surface area contributed by atoms with Crippen LogP contribution < -0.4 is 10.2 Å². The molecule has 0 bridgehead atoms. The average Bonchev–Trinajstić information content (AvgIpc) is 2.21. The highest BCUT2D eigenvalue weighted by Gasteiger charge is 2.28. The van der Waals surface area contributed by atoms with Crippen LogP contribution in [0.15, 0.2) is 18.3 Å². The van der Waals surface area contributed by atoms with Crippen molar-refractivity contribution in [2.45, 2.75) is 44.5 Å². The van der Waals surface area contributed by atoms with E-state index in [9.17, 15) is 0 Å². The molecule has 0 spiro atoms. The van der Waals surface area contributed by atoms with Crippen molar-refractivity contribution in [3.05, 3.63) is 23.9 Å². The smallest absolute Gasteiger partial charge is 0.128 e. The van der Waals surface area contributed by atoms with Crippen LogP contribution in [0.2, 0.25) is 0 Å². The number of anilines is 1. The monoisotopic (exact) mass is 265 g/mol. The van der Waals surface area contributed by atoms with E-state index in [-0.39, 0.29) is 10.8 Å². The molecule has 1 aromatic rings. The van der Waals surface area contributed by atoms with E-state index >= 15 is 0 Å². The quantitative estimate of drug-likeness (QED) is 0.649. The lowest BCUT2D eigenvalue weighted by molar-refractivity contribution is 0.416. The minimum Gasteiger partial charge on any atom is -0.353 e. The SMILES string of the molecule is CC(S)NC1CN(c2ccc(C(C)(C)C)cn2)C1. The Morgan fingerprint density at radius 2 is 2.06 bits per heavy atom. The first-order valence-electron chi connectivity index (χ1n) is 6.52. The molecule has 1 aliphatic rings. The maximum absolute atomic E-state index is 4.56. The van der Waals surface area contributed by atoms with Gasteiger partial charge in [0.05, 0.1) is 0 Å². The van der Waals surface area contributed by atoms with Gasteiger partial charge in [-0.2, -0.15) is 12.6 Å². The third-order valence-corrected chi connectivity index (χ3v) is 3.45. The number of rotatable bonds is 3. The number of hydrogen-bond donors (Lipinski definition) is 2. The van der Waals surface area contributed by atoms with Crippen molar-refractivity contribution in [1.29, 1.82) is 0 Å². The summed E-state index contributed by atoms with van der Waals surface area (Å²) in [6, 6.07) is 4.85. The molecule has 1 N–H and O–H groups in total. The molecule has 1 aliphatic heterocycles. The number of pyridine rings is 1. The molecule has 1 saturated heterocycles. The normalized spacial score (nSPS) is 18.6. The molecule has 0 aliphatic carbocycles. The molecule has 2 heterocycles. The van der Waals surface area contributed by atoms with Gasteiger partial charge >= 0.3 is 0 Å². The van der Waals surface area contributed by atoms with Gasteiger partial charge in [-0.25, -0.2) is 4.98 Å². The van der Waals surface area contributed by atoms with Crippen LogP contribution in [-0.4, -0.2) is 29.5 Å². The summed E-state index contributed by atoms with van der Waals surface area (Å²) in [5.41, 5.74) is 1.46. The van der Waals surface area contributed by atoms with E-state index < -0.39 is 0 Å². The van der Waals surface area contributed by atoms with Crippen LogP contribution in [-0.2, 0) is 5.41 Å². The Bertz CT molecular complexity index is 388. The zero-order valence-electron chi connectivity index (χ0n) is 11.6. The maximum Gasteiger partial charge on any atom is 0.128 e. The van der Waals surface area contributed by atoms with Crippen LogP contribution in [0.5, 0.6) is 0 Å². The number of thiol groups is 1. The standard InChI is InChI=1S/C14H23N3S/c1-10(18)16-12-8-17(9-12)13-6-5-11(7-15-13)14(2,3)4/h5-7,10,12,16,18H,8-9H2,1-4H3. The molecule has 0 saturated carbocycles. The fourth-order valence-corrected chi connectivity index (χ4v) is 2.34. The third kappa shape index (κ3) is 3.18. The van der Waals surface area contributed by atoms with Gasteiger partial charge in [-0.1, -0.05) is 26.8 Å². The van der Waals surface area contributed by atoms with Gasteiger partial charge in [-0.15, -0.1) is 0 Å². The Hall–Kier alpha value is -0.740. The van der Waals surface area contributed by atoms with Crippen LogP contribution in [0.4, 0.5) is 5.82 Å². The second-order valence-electron chi connectivity index (χ2n) is 6.10. The van der Waals surface area contributed by atoms with Gasteiger partial charge in [0.2, 0.25) is 0 Å². The molecule has 2 rings (SSSR count). The molecular formula is C14H23N3S. The number of nitrogens with zero attached hydrogens (tertiary/aromatic N) is 2. The molecule has 1 fully saturated rings. The lowest BCUT2D eigenvalue weighted by atomic mass is 9.88. The van der Waals surface area contributed by atoms with Crippen molar-refractivity contribution in [3.63, 3.8) is 0 Å². The zero-order valence-corrected chi connectivity index (χ0v) is 12.5. The summed E-state index contributed by atoms with van der Waals surface area (Å²) < 4.78 is 0. The van der Waals surface area contributed by atoms with Gasteiger partial charge in [0.25, 0.3) is 0 Å². The van der Waals surface area contributed by atoms with Crippen molar-refractivity contribution >= 4 is 18.4 Å². The van der Waals surface area contributed by atoms with Crippen molar-refractivity contribution in [1.82, 2.24) is 10.3 Å². The molecule has 100 valence electrons. The minimum absolute atomic E-state index is 0.173. The highest BCUT2D eigenvalue weighted by atomic mass is 32.1. The average molecular weight is 265 g/mol. The summed E-state index contributed by atoms with van der Waals surface area (Å²) in [5, 5.41) is 3.67. The molecule has 4 heteroatoms. The Morgan fingerprint density at radius 3 is 2.50 bits per heavy atom. The van der Waals surface area contributed by atoms with Crippen molar-refractivity contribution < 1.29 is 0 Å². The minimum atomic E-state index is 0.173. The second-order valence-corrected chi connectivity index (χ2v) is 6.87. The largest absolute Gasteiger partial charge is 0.353 e. The molecule has 18 heavy (non-hydrogen) atoms. The summed E-state index contributed by atoms with van der Waals surface area (Å²) in [6.45, 7) is 10.7. The van der Waals surface area contributed by atoms with E-state index in [0.717, 1.165) is 18.9 Å². The summed E-state index contributed by atoms with van der Waals surface area (Å²) in [6.07, 6.45) is 2.00. The number of aromatic nitrogens is 1. The predicted molar refractivity (Wildman–Crippen MR) is 80.5 cm³/mol. The molecular weight excluding hydrogens is 242 g/mol. The van der Waals surface area contributed by atoms with Crippen LogP contribution in [0.1, 0.15) is 33.3 Å². The summed E-state index contributed by atoms with van der Waals surface area (Å²) in [7, 11) is 0. The Balaban J connectivity index is 1.93. The molecule has 0 aromatic carbocycles. The zero-order chi connectivity index (χ0) is 13.3. The van der Waals surface area contributed by atoms with E-state index in [4.69, 9.17) is 0 Å². The van der Waals surface area contributed by atoms with E-state index in [1.165, 1.54) is 5.56 Å². The first kappa shape index (κ1) is 13.7. The first-order valence-corrected chi connectivity index (χ1v) is 7.03. The Morgan fingerprint density at radius 1 is 1.39 bits per heavy atom. The van der Waals surface area contributed by atoms with E-state index in [0.29, 0.717) is 6.04 Å². The second kappa shape index (κ2) is 5.10. The molecule has 0 amide bonds. The van der Waals surface area contributed by atoms with Crippen molar-refractivity contribution in [3.8, 4) is 0 Å². The van der Waals surface area contributed by atoms with E-state index in [1.54, 1.807) is 0 Å². The lowest BCUT2D eigenvalue weighted by Crippen LogP contribution is -2.59. The summed E-state index contributed by atoms with van der Waals surface area (Å²) in [4.78, 5) is 6.85. The lowest BCUT2D eigenvalue weighted by Gasteiger charge is -2.41.